The van der Waals surface area contributed by atoms with Crippen LogP contribution in [-0.2, 0) is 50.8 Å². The molecule has 0 radical (unpaired) electrons. The molecule has 1 unspecified atom stereocenters. The van der Waals surface area contributed by atoms with Crippen LogP contribution in [0.15, 0.2) is 95.8 Å². The lowest BCUT2D eigenvalue weighted by atomic mass is 9.70. The van der Waals surface area contributed by atoms with Crippen LogP contribution in [0, 0.1) is 5.41 Å². The molecule has 2 heterocycles. The molecule has 0 saturated carbocycles. The Labute approximate surface area is 377 Å². The molecule has 2 aliphatic heterocycles. The van der Waals surface area contributed by atoms with Crippen molar-refractivity contribution >= 4 is 59.3 Å². The Bertz CT molecular complexity index is 2600. The summed E-state index contributed by atoms with van der Waals surface area (Å²) in [6.07, 6.45) is 11.6. The zero-order chi connectivity index (χ0) is 47.1. The van der Waals surface area contributed by atoms with Crippen LogP contribution in [0.5, 0.6) is 0 Å². The zero-order valence-corrected chi connectivity index (χ0v) is 39.2. The highest BCUT2D eigenvalue weighted by molar-refractivity contribution is 7.86. The molecule has 0 saturated heterocycles. The molecular weight excluding hydrogens is 885 g/mol. The third-order valence-corrected chi connectivity index (χ3v) is 14.2. The highest BCUT2D eigenvalue weighted by atomic mass is 32.2. The number of rotatable bonds is 21. The Morgan fingerprint density at radius 3 is 2.02 bits per heavy atom. The lowest BCUT2D eigenvalue weighted by molar-refractivity contribution is -0.437. The minimum atomic E-state index is -4.69. The molecule has 2 aromatic carbocycles. The summed E-state index contributed by atoms with van der Waals surface area (Å²) in [6.45, 7) is 8.81. The zero-order valence-electron chi connectivity index (χ0n) is 36.8. The Kier molecular flexibility index (Phi) is 16.1. The quantitative estimate of drug-likeness (QED) is 0.0412. The number of anilines is 1. The van der Waals surface area contributed by atoms with E-state index in [9.17, 15) is 53.6 Å². The molecule has 16 nitrogen and oxygen atoms in total. The van der Waals surface area contributed by atoms with Crippen molar-refractivity contribution in [1.29, 1.82) is 0 Å². The summed E-state index contributed by atoms with van der Waals surface area (Å²) in [5.41, 5.74) is 3.16. The van der Waals surface area contributed by atoms with Crippen LogP contribution in [0.4, 0.5) is 11.4 Å². The number of para-hydroxylation sites is 2. The molecule has 6 N–H and O–H groups in total. The van der Waals surface area contributed by atoms with Gasteiger partial charge in [0.25, 0.3) is 30.4 Å². The van der Waals surface area contributed by atoms with Crippen molar-refractivity contribution in [2.24, 2.45) is 5.41 Å². The number of carbonyl (C=O) groups excluding carboxylic acids is 2. The van der Waals surface area contributed by atoms with E-state index >= 15 is 0 Å². The van der Waals surface area contributed by atoms with Crippen LogP contribution in [0.25, 0.3) is 0 Å². The Morgan fingerprint density at radius 2 is 1.34 bits per heavy atom. The van der Waals surface area contributed by atoms with E-state index in [0.29, 0.717) is 30.4 Å². The number of nitrogens with zero attached hydrogens (tertiary/aromatic N) is 2. The lowest BCUT2D eigenvalue weighted by Crippen LogP contribution is -2.53. The van der Waals surface area contributed by atoms with Gasteiger partial charge in [-0.25, -0.2) is 0 Å². The molecule has 64 heavy (non-hydrogen) atoms. The summed E-state index contributed by atoms with van der Waals surface area (Å²) in [5, 5.41) is 14.4. The number of fused-ring (bicyclic) bond motifs is 2. The van der Waals surface area contributed by atoms with E-state index in [0.717, 1.165) is 40.3 Å². The summed E-state index contributed by atoms with van der Waals surface area (Å²) in [4.78, 5) is 30.9. The molecule has 1 aliphatic carbocycles. The number of aliphatic hydroxyl groups excluding tert-OH is 1. The van der Waals surface area contributed by atoms with Gasteiger partial charge in [0.1, 0.15) is 17.8 Å². The molecule has 1 atom stereocenters. The molecule has 3 aliphatic rings. The van der Waals surface area contributed by atoms with E-state index in [4.69, 9.17) is 0 Å². The highest BCUT2D eigenvalue weighted by Gasteiger charge is 2.49. The van der Waals surface area contributed by atoms with Crippen LogP contribution >= 0.6 is 0 Å². The van der Waals surface area contributed by atoms with Gasteiger partial charge in [-0.3, -0.25) is 23.2 Å². The average Bonchev–Trinajstić information content (AvgIpc) is 3.56. The number of carbonyl (C=O) groups is 2. The van der Waals surface area contributed by atoms with Gasteiger partial charge in [-0.05, 0) is 74.8 Å². The van der Waals surface area contributed by atoms with Crippen molar-refractivity contribution < 1.29 is 58.2 Å². The Morgan fingerprint density at radius 1 is 0.719 bits per heavy atom. The van der Waals surface area contributed by atoms with Crippen molar-refractivity contribution in [2.45, 2.75) is 89.9 Å². The Hall–Kier alpha value is -4.50. The third kappa shape index (κ3) is 12.4. The van der Waals surface area contributed by atoms with Gasteiger partial charge >= 0.3 is 0 Å². The maximum atomic E-state index is 14.5. The molecule has 0 aromatic heterocycles. The van der Waals surface area contributed by atoms with E-state index < -0.39 is 75.8 Å². The van der Waals surface area contributed by atoms with E-state index in [1.54, 1.807) is 12.2 Å². The predicted octanol–water partition coefficient (Wildman–Crippen LogP) is 5.12. The first kappa shape index (κ1) is 50.5. The van der Waals surface area contributed by atoms with Crippen molar-refractivity contribution in [3.8, 4) is 0 Å². The van der Waals surface area contributed by atoms with Crippen LogP contribution in [0.2, 0.25) is 0 Å². The van der Waals surface area contributed by atoms with Crippen LogP contribution in [0.3, 0.4) is 0 Å². The fraction of sp³-hybridized carbons (Fsp3) is 0.489. The third-order valence-electron chi connectivity index (χ3n) is 12.1. The van der Waals surface area contributed by atoms with Gasteiger partial charge in [-0.15, -0.1) is 0 Å². The summed E-state index contributed by atoms with van der Waals surface area (Å²) in [7, 11) is -13.2. The van der Waals surface area contributed by atoms with Gasteiger partial charge in [0.15, 0.2) is 5.71 Å². The molecule has 350 valence electrons. The number of aliphatic hydroxyl groups is 1. The lowest BCUT2D eigenvalue weighted by Gasteiger charge is -2.35. The van der Waals surface area contributed by atoms with Crippen molar-refractivity contribution in [2.75, 3.05) is 48.5 Å². The SMILES string of the molecule is CC1(C)C(/C=C/C2=CC(=C/C=C3/N(CCCS(=O)(=O)O)c4ccccc4C3(C)C)/CC(C(=O)NCCCCCCO)(C(=O)NCS(=O)(=O)O)C2)=[N+](CCCS(=O)(=O)O)c2ccccc21. The van der Waals surface area contributed by atoms with Gasteiger partial charge in [-0.2, -0.15) is 29.8 Å². The molecular formula is C45H61N4O12S3+. The van der Waals surface area contributed by atoms with E-state index in [1.807, 2.05) is 104 Å². The van der Waals surface area contributed by atoms with Crippen molar-refractivity contribution in [3.63, 3.8) is 0 Å². The molecule has 2 amide bonds. The highest BCUT2D eigenvalue weighted by Crippen LogP contribution is 2.48. The number of hydrogen-bond donors (Lipinski definition) is 6. The van der Waals surface area contributed by atoms with Gasteiger partial charge in [0, 0.05) is 60.6 Å². The fourth-order valence-corrected chi connectivity index (χ4v) is 10.3. The number of hydrogen-bond acceptors (Lipinski definition) is 10. The topological polar surface area (TPSA) is 248 Å². The predicted molar refractivity (Wildman–Crippen MR) is 246 cm³/mol. The second-order valence-electron chi connectivity index (χ2n) is 17.7. The second-order valence-corrected chi connectivity index (χ2v) is 22.3. The molecule has 5 rings (SSSR count). The monoisotopic (exact) mass is 945 g/mol. The first-order chi connectivity index (χ1) is 29.9. The first-order valence-corrected chi connectivity index (χ1v) is 26.2. The summed E-state index contributed by atoms with van der Waals surface area (Å²) >= 11 is 0. The van der Waals surface area contributed by atoms with Crippen LogP contribution < -0.4 is 15.5 Å². The van der Waals surface area contributed by atoms with E-state index in [-0.39, 0.29) is 51.9 Å². The minimum Gasteiger partial charge on any atom is -0.396 e. The fourth-order valence-electron chi connectivity index (χ4n) is 8.97. The average molecular weight is 946 g/mol. The largest absolute Gasteiger partial charge is 0.396 e. The number of allylic oxidation sites excluding steroid dienone is 8. The maximum Gasteiger partial charge on any atom is 0.283 e. The molecule has 19 heteroatoms. The van der Waals surface area contributed by atoms with Crippen molar-refractivity contribution in [1.82, 2.24) is 10.6 Å². The van der Waals surface area contributed by atoms with Gasteiger partial charge < -0.3 is 20.6 Å². The van der Waals surface area contributed by atoms with Crippen molar-refractivity contribution in [3.05, 3.63) is 107 Å². The van der Waals surface area contributed by atoms with Gasteiger partial charge in [-0.1, -0.05) is 81.3 Å². The van der Waals surface area contributed by atoms with Gasteiger partial charge in [0.2, 0.25) is 17.5 Å². The number of benzene rings is 2. The summed E-state index contributed by atoms with van der Waals surface area (Å²) in [6, 6.07) is 15.4. The van der Waals surface area contributed by atoms with Crippen LogP contribution in [0.1, 0.15) is 90.2 Å². The molecule has 0 bridgehead atoms. The summed E-state index contributed by atoms with van der Waals surface area (Å²) < 4.78 is 101. The number of nitrogens with one attached hydrogen (secondary N) is 2. The maximum absolute atomic E-state index is 14.5. The summed E-state index contributed by atoms with van der Waals surface area (Å²) in [5.74, 6) is -3.61. The number of unbranched alkanes of at least 4 members (excludes halogenated alkanes) is 3. The number of amides is 2. The molecule has 0 fully saturated rings. The Balaban J connectivity index is 1.65. The molecule has 2 aromatic rings. The van der Waals surface area contributed by atoms with Gasteiger partial charge in [0.05, 0.1) is 16.9 Å². The first-order valence-electron chi connectivity index (χ1n) is 21.3. The van der Waals surface area contributed by atoms with E-state index in [2.05, 4.69) is 10.6 Å². The minimum absolute atomic E-state index is 0.0354. The normalized spacial score (nSPS) is 20.8. The standard InChI is InChI=1S/C45H60N4O12S3/c1-43(2)35-15-7-9-17-37(35)48(24-13-27-62(53,54)55)39(43)21-19-33-29-34(20-22-40-44(3,4)36-16-8-10-18-38(36)49(40)25-14-28-63(56,57)58)31-45(30-33,42(52)47-32-64(59,60)61)41(51)46-23-11-5-6-12-26-50/h7-10,15-22,29,50H,5-6,11-14,23-28,30-32H2,1-4H3,(H4-,46,47,51,52,53,54,55,56,57,58,59,60,61)/p+1. The molecule has 0 spiro atoms. The van der Waals surface area contributed by atoms with Crippen LogP contribution in [-0.4, -0.2) is 110 Å². The second kappa shape index (κ2) is 20.3. The smallest absolute Gasteiger partial charge is 0.283 e. The van der Waals surface area contributed by atoms with E-state index in [1.165, 1.54) is 0 Å².